The smallest absolute Gasteiger partial charge is 0.286 e. The standard InChI is InChI=1S/C17H15N3O6/c1-10-16(18-9-12(20(24)25)5-7-15(18)21)13-8-11(19(22)23)4-6-14(13)26-17(10,2)3/h4-9H,1-3H3. The average molecular weight is 357 g/mol. The summed E-state index contributed by atoms with van der Waals surface area (Å²) < 4.78 is 7.05. The van der Waals surface area contributed by atoms with Gasteiger partial charge in [-0.3, -0.25) is 29.6 Å². The maximum absolute atomic E-state index is 12.4. The highest BCUT2D eigenvalue weighted by molar-refractivity contribution is 5.78. The van der Waals surface area contributed by atoms with Crippen LogP contribution in [0.3, 0.4) is 0 Å². The minimum absolute atomic E-state index is 0.171. The van der Waals surface area contributed by atoms with Crippen molar-refractivity contribution in [1.82, 2.24) is 4.57 Å². The van der Waals surface area contributed by atoms with Crippen LogP contribution in [-0.2, 0) is 0 Å². The highest BCUT2D eigenvalue weighted by atomic mass is 16.6. The molecule has 1 aliphatic heterocycles. The van der Waals surface area contributed by atoms with Gasteiger partial charge in [-0.15, -0.1) is 0 Å². The van der Waals surface area contributed by atoms with E-state index >= 15 is 0 Å². The first kappa shape index (κ1) is 17.3. The molecule has 3 rings (SSSR count). The van der Waals surface area contributed by atoms with Crippen LogP contribution < -0.4 is 10.3 Å². The Morgan fingerprint density at radius 1 is 1.04 bits per heavy atom. The lowest BCUT2D eigenvalue weighted by molar-refractivity contribution is -0.385. The van der Waals surface area contributed by atoms with E-state index in [4.69, 9.17) is 4.74 Å². The van der Waals surface area contributed by atoms with E-state index in [1.165, 1.54) is 18.2 Å². The Morgan fingerprint density at radius 3 is 2.27 bits per heavy atom. The van der Waals surface area contributed by atoms with Crippen molar-refractivity contribution in [3.05, 3.63) is 78.2 Å². The number of non-ortho nitro benzene ring substituents is 1. The second kappa shape index (κ2) is 5.80. The Morgan fingerprint density at radius 2 is 1.65 bits per heavy atom. The van der Waals surface area contributed by atoms with Gasteiger partial charge in [0.05, 0.1) is 21.7 Å². The molecule has 134 valence electrons. The number of nitrogens with zero attached hydrogens (tertiary/aromatic N) is 3. The maximum atomic E-state index is 12.4. The van der Waals surface area contributed by atoms with Crippen LogP contribution in [0.5, 0.6) is 5.75 Å². The van der Waals surface area contributed by atoms with Crippen LogP contribution in [-0.4, -0.2) is 20.0 Å². The normalized spacial score (nSPS) is 15.2. The third kappa shape index (κ3) is 2.73. The number of aromatic nitrogens is 1. The van der Waals surface area contributed by atoms with Gasteiger partial charge >= 0.3 is 0 Å². The summed E-state index contributed by atoms with van der Waals surface area (Å²) in [6.45, 7) is 5.30. The molecule has 0 bridgehead atoms. The van der Waals surface area contributed by atoms with Gasteiger partial charge in [0.2, 0.25) is 0 Å². The molecular weight excluding hydrogens is 342 g/mol. The van der Waals surface area contributed by atoms with Crippen LogP contribution in [0, 0.1) is 20.2 Å². The largest absolute Gasteiger partial charge is 0.483 e. The molecule has 0 fully saturated rings. The van der Waals surface area contributed by atoms with Gasteiger partial charge in [0.1, 0.15) is 11.4 Å². The molecule has 9 heteroatoms. The molecule has 0 spiro atoms. The minimum Gasteiger partial charge on any atom is -0.483 e. The molecule has 2 heterocycles. The first-order valence-corrected chi connectivity index (χ1v) is 7.68. The van der Waals surface area contributed by atoms with E-state index in [-0.39, 0.29) is 11.4 Å². The first-order chi connectivity index (χ1) is 12.1. The van der Waals surface area contributed by atoms with Crippen molar-refractivity contribution >= 4 is 17.1 Å². The molecule has 1 aromatic heterocycles. The van der Waals surface area contributed by atoms with Gasteiger partial charge < -0.3 is 4.74 Å². The second-order valence-electron chi connectivity index (χ2n) is 6.38. The summed E-state index contributed by atoms with van der Waals surface area (Å²) in [5.41, 5.74) is -0.430. The van der Waals surface area contributed by atoms with E-state index in [0.29, 0.717) is 22.6 Å². The van der Waals surface area contributed by atoms with Crippen molar-refractivity contribution in [3.8, 4) is 5.75 Å². The van der Waals surface area contributed by atoms with Crippen LogP contribution >= 0.6 is 0 Å². The van der Waals surface area contributed by atoms with E-state index in [0.717, 1.165) is 22.9 Å². The van der Waals surface area contributed by atoms with Gasteiger partial charge in [-0.25, -0.2) is 0 Å². The fourth-order valence-corrected chi connectivity index (χ4v) is 2.81. The number of pyridine rings is 1. The van der Waals surface area contributed by atoms with Crippen molar-refractivity contribution in [2.75, 3.05) is 0 Å². The Balaban J connectivity index is 2.37. The first-order valence-electron chi connectivity index (χ1n) is 7.68. The number of rotatable bonds is 3. The Hall–Kier alpha value is -3.49. The molecule has 0 radical (unpaired) electrons. The van der Waals surface area contributed by atoms with E-state index in [9.17, 15) is 25.0 Å². The zero-order valence-corrected chi connectivity index (χ0v) is 14.3. The lowest BCUT2D eigenvalue weighted by atomic mass is 9.90. The van der Waals surface area contributed by atoms with E-state index < -0.39 is 21.0 Å². The number of hydrogen-bond donors (Lipinski definition) is 0. The molecule has 0 amide bonds. The molecule has 0 N–H and O–H groups in total. The average Bonchev–Trinajstić information content (AvgIpc) is 2.56. The molecule has 0 unspecified atom stereocenters. The Bertz CT molecular complexity index is 1040. The molecular formula is C17H15N3O6. The molecule has 1 aromatic carbocycles. The van der Waals surface area contributed by atoms with Gasteiger partial charge in [0.25, 0.3) is 16.9 Å². The van der Waals surface area contributed by atoms with Crippen molar-refractivity contribution < 1.29 is 14.6 Å². The fraction of sp³-hybridized carbons (Fsp3) is 0.235. The second-order valence-corrected chi connectivity index (χ2v) is 6.38. The SMILES string of the molecule is CC1=C(n2cc([N+](=O)[O-])ccc2=O)c2cc([N+](=O)[O-])ccc2OC1(C)C. The quantitative estimate of drug-likeness (QED) is 0.615. The van der Waals surface area contributed by atoms with Crippen molar-refractivity contribution in [3.63, 3.8) is 0 Å². The Labute approximate surface area is 147 Å². The summed E-state index contributed by atoms with van der Waals surface area (Å²) in [4.78, 5) is 33.5. The van der Waals surface area contributed by atoms with Gasteiger partial charge in [-0.05, 0) is 32.4 Å². The van der Waals surface area contributed by atoms with Gasteiger partial charge in [-0.1, -0.05) is 0 Å². The number of benzene rings is 1. The predicted molar refractivity (Wildman–Crippen MR) is 93.2 cm³/mol. The number of ether oxygens (including phenoxy) is 1. The zero-order chi connectivity index (χ0) is 19.2. The molecule has 0 saturated heterocycles. The third-order valence-electron chi connectivity index (χ3n) is 4.40. The van der Waals surface area contributed by atoms with Gasteiger partial charge in [0.15, 0.2) is 0 Å². The predicted octanol–water partition coefficient (Wildman–Crippen LogP) is 3.12. The molecule has 1 aliphatic rings. The van der Waals surface area contributed by atoms with E-state index in [1.54, 1.807) is 20.8 Å². The number of hydrogen-bond acceptors (Lipinski definition) is 6. The monoisotopic (exact) mass is 357 g/mol. The highest BCUT2D eigenvalue weighted by Crippen LogP contribution is 2.42. The molecule has 26 heavy (non-hydrogen) atoms. The molecule has 0 saturated carbocycles. The van der Waals surface area contributed by atoms with E-state index in [2.05, 4.69) is 0 Å². The van der Waals surface area contributed by atoms with Crippen molar-refractivity contribution in [1.29, 1.82) is 0 Å². The van der Waals surface area contributed by atoms with Gasteiger partial charge in [-0.2, -0.15) is 0 Å². The van der Waals surface area contributed by atoms with Crippen LogP contribution in [0.15, 0.2) is 46.9 Å². The number of nitro groups is 2. The van der Waals surface area contributed by atoms with Crippen molar-refractivity contribution in [2.45, 2.75) is 26.4 Å². The molecule has 0 atom stereocenters. The summed E-state index contributed by atoms with van der Waals surface area (Å²) in [7, 11) is 0. The fourth-order valence-electron chi connectivity index (χ4n) is 2.81. The third-order valence-corrected chi connectivity index (χ3v) is 4.40. The maximum Gasteiger partial charge on any atom is 0.286 e. The van der Waals surface area contributed by atoms with Gasteiger partial charge in [0, 0.05) is 29.8 Å². The summed E-state index contributed by atoms with van der Waals surface area (Å²) in [6.07, 6.45) is 1.12. The van der Waals surface area contributed by atoms with Crippen LogP contribution in [0.4, 0.5) is 11.4 Å². The summed E-state index contributed by atoms with van der Waals surface area (Å²) in [5, 5.41) is 22.2. The molecule has 2 aromatic rings. The highest BCUT2D eigenvalue weighted by Gasteiger charge is 2.34. The van der Waals surface area contributed by atoms with E-state index in [1.807, 2.05) is 0 Å². The summed E-state index contributed by atoms with van der Waals surface area (Å²) in [5.74, 6) is 0.361. The lowest BCUT2D eigenvalue weighted by Crippen LogP contribution is -2.36. The van der Waals surface area contributed by atoms with Crippen LogP contribution in [0.2, 0.25) is 0 Å². The zero-order valence-electron chi connectivity index (χ0n) is 14.3. The minimum atomic E-state index is -0.803. The van der Waals surface area contributed by atoms with Crippen LogP contribution in [0.25, 0.3) is 5.70 Å². The summed E-state index contributed by atoms with van der Waals surface area (Å²) >= 11 is 0. The number of nitro benzene ring substituents is 1. The molecule has 0 aliphatic carbocycles. The summed E-state index contributed by atoms with van der Waals surface area (Å²) in [6, 6.07) is 6.29. The molecule has 9 nitrogen and oxygen atoms in total. The van der Waals surface area contributed by atoms with Crippen LogP contribution in [0.1, 0.15) is 26.3 Å². The Kier molecular flexibility index (Phi) is 3.87. The lowest BCUT2D eigenvalue weighted by Gasteiger charge is -2.35. The van der Waals surface area contributed by atoms with Crippen molar-refractivity contribution in [2.24, 2.45) is 0 Å². The topological polar surface area (TPSA) is 118 Å². The number of fused-ring (bicyclic) bond motifs is 1.